The summed E-state index contributed by atoms with van der Waals surface area (Å²) in [7, 11) is 1.13. The van der Waals surface area contributed by atoms with Crippen LogP contribution in [-0.2, 0) is 30.3 Å². The largest absolute Gasteiger partial charge is 0.481 e. The van der Waals surface area contributed by atoms with Crippen molar-refractivity contribution in [3.05, 3.63) is 35.9 Å². The maximum absolute atomic E-state index is 12.2. The number of benzene rings is 1. The molecule has 8 nitrogen and oxygen atoms in total. The maximum Gasteiger partial charge on any atom is 0.329 e. The van der Waals surface area contributed by atoms with E-state index in [4.69, 9.17) is 10.8 Å². The van der Waals surface area contributed by atoms with Crippen LogP contribution in [0.1, 0.15) is 12.0 Å². The lowest BCUT2D eigenvalue weighted by atomic mass is 10.0. The van der Waals surface area contributed by atoms with Gasteiger partial charge in [0.2, 0.25) is 12.3 Å². The standard InChI is InChI=1S/C15H18N2O6/c1-23-15(22)12(7-10-5-3-2-4-6-10)17(9-18)14(21)11(16)8-13(19)20/h2-6,9,11-12H,7-8,16H2,1H3,(H,19,20). The van der Waals surface area contributed by atoms with Crippen molar-refractivity contribution >= 4 is 24.3 Å². The van der Waals surface area contributed by atoms with E-state index in [9.17, 15) is 19.2 Å². The second-order valence-electron chi connectivity index (χ2n) is 4.78. The molecule has 2 unspecified atom stereocenters. The second-order valence-corrected chi connectivity index (χ2v) is 4.78. The number of esters is 1. The van der Waals surface area contributed by atoms with Gasteiger partial charge in [-0.25, -0.2) is 4.79 Å². The highest BCUT2D eigenvalue weighted by Gasteiger charge is 2.34. The Kier molecular flexibility index (Phi) is 6.88. The van der Waals surface area contributed by atoms with Gasteiger partial charge in [-0.05, 0) is 5.56 Å². The molecule has 0 heterocycles. The van der Waals surface area contributed by atoms with E-state index in [-0.39, 0.29) is 12.8 Å². The minimum Gasteiger partial charge on any atom is -0.481 e. The van der Waals surface area contributed by atoms with Gasteiger partial charge in [0.15, 0.2) is 0 Å². The molecule has 1 aromatic carbocycles. The van der Waals surface area contributed by atoms with Crippen LogP contribution >= 0.6 is 0 Å². The molecule has 2 atom stereocenters. The summed E-state index contributed by atoms with van der Waals surface area (Å²) in [6, 6.07) is 6.07. The molecule has 0 spiro atoms. The molecule has 0 aliphatic heterocycles. The molecule has 0 fully saturated rings. The van der Waals surface area contributed by atoms with E-state index in [1.165, 1.54) is 0 Å². The number of rotatable bonds is 8. The molecule has 2 amide bonds. The second kappa shape index (κ2) is 8.64. The predicted molar refractivity (Wildman–Crippen MR) is 79.1 cm³/mol. The van der Waals surface area contributed by atoms with E-state index in [1.807, 2.05) is 0 Å². The number of ether oxygens (including phenoxy) is 1. The van der Waals surface area contributed by atoms with Gasteiger partial charge >= 0.3 is 11.9 Å². The van der Waals surface area contributed by atoms with E-state index in [0.717, 1.165) is 7.11 Å². The molecule has 0 aliphatic carbocycles. The average Bonchev–Trinajstić information content (AvgIpc) is 2.54. The van der Waals surface area contributed by atoms with Gasteiger partial charge in [0.25, 0.3) is 0 Å². The van der Waals surface area contributed by atoms with Gasteiger partial charge in [0.1, 0.15) is 6.04 Å². The minimum absolute atomic E-state index is 0.0395. The summed E-state index contributed by atoms with van der Waals surface area (Å²) in [5, 5.41) is 8.69. The van der Waals surface area contributed by atoms with E-state index in [0.29, 0.717) is 10.5 Å². The SMILES string of the molecule is COC(=O)C(Cc1ccccc1)N(C=O)C(=O)C(N)CC(=O)O. The summed E-state index contributed by atoms with van der Waals surface area (Å²) in [4.78, 5) is 46.6. The fraction of sp³-hybridized carbons (Fsp3) is 0.333. The Bertz CT molecular complexity index is 575. The number of carboxylic acid groups (broad SMARTS) is 1. The molecule has 0 saturated heterocycles. The van der Waals surface area contributed by atoms with Gasteiger partial charge in [-0.1, -0.05) is 30.3 Å². The summed E-state index contributed by atoms with van der Waals surface area (Å²) in [5.41, 5.74) is 6.19. The first kappa shape index (κ1) is 18.3. The number of carboxylic acids is 1. The third kappa shape index (κ3) is 5.19. The number of methoxy groups -OCH3 is 1. The van der Waals surface area contributed by atoms with Crippen molar-refractivity contribution in [3.8, 4) is 0 Å². The molecular formula is C15H18N2O6. The van der Waals surface area contributed by atoms with Crippen LogP contribution in [0.2, 0.25) is 0 Å². The lowest BCUT2D eigenvalue weighted by Gasteiger charge is -2.26. The number of hydrogen-bond acceptors (Lipinski definition) is 6. The highest BCUT2D eigenvalue weighted by molar-refractivity contribution is 5.96. The number of amides is 2. The first-order valence-electron chi connectivity index (χ1n) is 6.77. The number of aliphatic carboxylic acids is 1. The zero-order valence-electron chi connectivity index (χ0n) is 12.5. The van der Waals surface area contributed by atoms with E-state index in [1.54, 1.807) is 30.3 Å². The van der Waals surface area contributed by atoms with Crippen LogP contribution in [-0.4, -0.2) is 53.5 Å². The lowest BCUT2D eigenvalue weighted by Crippen LogP contribution is -2.52. The smallest absolute Gasteiger partial charge is 0.329 e. The van der Waals surface area contributed by atoms with Crippen molar-refractivity contribution in [2.45, 2.75) is 24.9 Å². The summed E-state index contributed by atoms with van der Waals surface area (Å²) in [6.45, 7) is 0. The summed E-state index contributed by atoms with van der Waals surface area (Å²) >= 11 is 0. The van der Waals surface area contributed by atoms with Crippen molar-refractivity contribution in [3.63, 3.8) is 0 Å². The van der Waals surface area contributed by atoms with Crippen LogP contribution in [0.15, 0.2) is 30.3 Å². The maximum atomic E-state index is 12.2. The molecule has 8 heteroatoms. The number of carbonyl (C=O) groups is 4. The zero-order chi connectivity index (χ0) is 17.4. The van der Waals surface area contributed by atoms with Gasteiger partial charge in [0, 0.05) is 6.42 Å². The third-order valence-electron chi connectivity index (χ3n) is 3.16. The van der Waals surface area contributed by atoms with E-state index in [2.05, 4.69) is 4.74 Å². The van der Waals surface area contributed by atoms with Gasteiger partial charge in [-0.2, -0.15) is 0 Å². The Morgan fingerprint density at radius 3 is 2.39 bits per heavy atom. The van der Waals surface area contributed by atoms with Crippen molar-refractivity contribution in [1.29, 1.82) is 0 Å². The zero-order valence-corrected chi connectivity index (χ0v) is 12.5. The minimum atomic E-state index is -1.43. The first-order chi connectivity index (χ1) is 10.9. The molecule has 0 saturated carbocycles. The van der Waals surface area contributed by atoms with Gasteiger partial charge in [-0.3, -0.25) is 19.3 Å². The summed E-state index contributed by atoms with van der Waals surface area (Å²) < 4.78 is 4.63. The molecule has 1 rings (SSSR count). The van der Waals surface area contributed by atoms with Gasteiger partial charge < -0.3 is 15.6 Å². The number of nitrogens with two attached hydrogens (primary N) is 1. The third-order valence-corrected chi connectivity index (χ3v) is 3.16. The molecular weight excluding hydrogens is 304 g/mol. The van der Waals surface area contributed by atoms with Crippen LogP contribution in [0.4, 0.5) is 0 Å². The highest BCUT2D eigenvalue weighted by atomic mass is 16.5. The first-order valence-corrected chi connectivity index (χ1v) is 6.77. The van der Waals surface area contributed by atoms with Crippen molar-refractivity contribution in [1.82, 2.24) is 4.90 Å². The van der Waals surface area contributed by atoms with Crippen molar-refractivity contribution in [2.75, 3.05) is 7.11 Å². The normalized spacial score (nSPS) is 12.8. The van der Waals surface area contributed by atoms with Crippen LogP contribution < -0.4 is 5.73 Å². The Morgan fingerprint density at radius 2 is 1.91 bits per heavy atom. The van der Waals surface area contributed by atoms with Crippen LogP contribution in [0.3, 0.4) is 0 Å². The molecule has 3 N–H and O–H groups in total. The fourth-order valence-electron chi connectivity index (χ4n) is 2.01. The van der Waals surface area contributed by atoms with Crippen LogP contribution in [0, 0.1) is 0 Å². The van der Waals surface area contributed by atoms with Gasteiger partial charge in [0.05, 0.1) is 19.6 Å². The Labute approximate surface area is 132 Å². The molecule has 0 aromatic heterocycles. The monoisotopic (exact) mass is 322 g/mol. The van der Waals surface area contributed by atoms with E-state index < -0.39 is 36.4 Å². The molecule has 23 heavy (non-hydrogen) atoms. The Balaban J connectivity index is 3.02. The topological polar surface area (TPSA) is 127 Å². The average molecular weight is 322 g/mol. The summed E-state index contributed by atoms with van der Waals surface area (Å²) in [6.07, 6.45) is -0.450. The molecule has 1 aromatic rings. The van der Waals surface area contributed by atoms with Crippen LogP contribution in [0.5, 0.6) is 0 Å². The number of imide groups is 1. The summed E-state index contributed by atoms with van der Waals surface area (Å²) in [5.74, 6) is -3.03. The quantitative estimate of drug-likeness (QED) is 0.490. The molecule has 0 radical (unpaired) electrons. The molecule has 0 aliphatic rings. The molecule has 124 valence electrons. The number of nitrogens with zero attached hydrogens (tertiary/aromatic N) is 1. The van der Waals surface area contributed by atoms with Crippen molar-refractivity contribution in [2.24, 2.45) is 5.73 Å². The number of hydrogen-bond donors (Lipinski definition) is 2. The highest BCUT2D eigenvalue weighted by Crippen LogP contribution is 2.11. The fourth-order valence-corrected chi connectivity index (χ4v) is 2.01. The van der Waals surface area contributed by atoms with Crippen molar-refractivity contribution < 1.29 is 29.0 Å². The van der Waals surface area contributed by atoms with E-state index >= 15 is 0 Å². The Morgan fingerprint density at radius 1 is 1.30 bits per heavy atom. The molecule has 0 bridgehead atoms. The van der Waals surface area contributed by atoms with Gasteiger partial charge in [-0.15, -0.1) is 0 Å². The number of carbonyl (C=O) groups excluding carboxylic acids is 3. The Hall–Kier alpha value is -2.74. The predicted octanol–water partition coefficient (Wildman–Crippen LogP) is -0.442. The lowest BCUT2D eigenvalue weighted by molar-refractivity contribution is -0.157. The van der Waals surface area contributed by atoms with Crippen LogP contribution in [0.25, 0.3) is 0 Å².